The molecule has 0 saturated carbocycles. The molecule has 0 spiro atoms. The van der Waals surface area contributed by atoms with E-state index in [1.807, 2.05) is 0 Å². The molecule has 0 aliphatic heterocycles. The fourth-order valence-electron chi connectivity index (χ4n) is 2.19. The molecule has 0 unspecified atom stereocenters. The number of rotatable bonds is 2. The van der Waals surface area contributed by atoms with Crippen LogP contribution in [-0.4, -0.2) is 16.7 Å². The third-order valence-corrected chi connectivity index (χ3v) is 3.71. The molecule has 2 aromatic carbocycles. The van der Waals surface area contributed by atoms with Crippen LogP contribution in [0.25, 0.3) is 16.7 Å². The SMILES string of the molecule is COc1cc2c(cc1F)[nH]c(=S)n2-c1c(F)cccc1Cl. The maximum atomic E-state index is 14.1. The van der Waals surface area contributed by atoms with Crippen molar-refractivity contribution in [1.29, 1.82) is 0 Å². The van der Waals surface area contributed by atoms with Crippen molar-refractivity contribution in [2.75, 3.05) is 7.11 Å². The number of aromatic nitrogens is 2. The van der Waals surface area contributed by atoms with Gasteiger partial charge in [-0.05, 0) is 24.4 Å². The molecule has 0 amide bonds. The first-order valence-electron chi connectivity index (χ1n) is 5.95. The molecule has 3 nitrogen and oxygen atoms in total. The van der Waals surface area contributed by atoms with E-state index >= 15 is 0 Å². The van der Waals surface area contributed by atoms with Crippen LogP contribution in [0.5, 0.6) is 5.75 Å². The maximum absolute atomic E-state index is 14.1. The average Bonchev–Trinajstić information content (AvgIpc) is 2.73. The number of hydrogen-bond donors (Lipinski definition) is 1. The molecule has 0 radical (unpaired) electrons. The van der Waals surface area contributed by atoms with Crippen LogP contribution in [0.4, 0.5) is 8.78 Å². The summed E-state index contributed by atoms with van der Waals surface area (Å²) < 4.78 is 34.4. The van der Waals surface area contributed by atoms with E-state index in [2.05, 4.69) is 4.98 Å². The second-order valence-electron chi connectivity index (χ2n) is 4.34. The van der Waals surface area contributed by atoms with Crippen LogP contribution >= 0.6 is 23.8 Å². The number of nitrogens with zero attached hydrogens (tertiary/aromatic N) is 1. The number of H-pyrrole nitrogens is 1. The normalized spacial score (nSPS) is 11.0. The van der Waals surface area contributed by atoms with Crippen LogP contribution in [0.3, 0.4) is 0 Å². The highest BCUT2D eigenvalue weighted by Gasteiger charge is 2.16. The van der Waals surface area contributed by atoms with Crippen molar-refractivity contribution in [1.82, 2.24) is 9.55 Å². The van der Waals surface area contributed by atoms with Crippen LogP contribution in [0, 0.1) is 16.4 Å². The minimum atomic E-state index is -0.534. The first kappa shape index (κ1) is 14.0. The number of halogens is 3. The zero-order valence-electron chi connectivity index (χ0n) is 10.8. The van der Waals surface area contributed by atoms with Gasteiger partial charge in [-0.2, -0.15) is 0 Å². The summed E-state index contributed by atoms with van der Waals surface area (Å²) in [6, 6.07) is 7.03. The lowest BCUT2D eigenvalue weighted by molar-refractivity contribution is 0.387. The van der Waals surface area contributed by atoms with E-state index in [4.69, 9.17) is 28.6 Å². The molecule has 0 saturated heterocycles. The fraction of sp³-hybridized carbons (Fsp3) is 0.0714. The first-order valence-corrected chi connectivity index (χ1v) is 6.74. The van der Waals surface area contributed by atoms with Crippen LogP contribution in [0.1, 0.15) is 0 Å². The van der Waals surface area contributed by atoms with Crippen molar-refractivity contribution in [3.63, 3.8) is 0 Å². The van der Waals surface area contributed by atoms with Crippen molar-refractivity contribution in [3.05, 3.63) is 51.8 Å². The summed E-state index contributed by atoms with van der Waals surface area (Å²) in [5.74, 6) is -1.02. The zero-order chi connectivity index (χ0) is 15.1. The van der Waals surface area contributed by atoms with Gasteiger partial charge in [-0.3, -0.25) is 4.57 Å². The smallest absolute Gasteiger partial charge is 0.182 e. The molecule has 0 aliphatic rings. The molecular formula is C14H9ClF2N2OS. The molecule has 21 heavy (non-hydrogen) atoms. The van der Waals surface area contributed by atoms with Gasteiger partial charge >= 0.3 is 0 Å². The predicted octanol–water partition coefficient (Wildman–Crippen LogP) is 4.63. The molecule has 0 bridgehead atoms. The van der Waals surface area contributed by atoms with Gasteiger partial charge in [-0.25, -0.2) is 8.78 Å². The Morgan fingerprint density at radius 2 is 2.00 bits per heavy atom. The van der Waals surface area contributed by atoms with E-state index in [1.165, 1.54) is 35.9 Å². The van der Waals surface area contributed by atoms with Gasteiger partial charge in [0.2, 0.25) is 0 Å². The minimum absolute atomic E-state index is 0.0395. The van der Waals surface area contributed by atoms with Gasteiger partial charge in [-0.1, -0.05) is 17.7 Å². The molecule has 7 heteroatoms. The Balaban J connectivity index is 2.43. The van der Waals surface area contributed by atoms with Gasteiger partial charge in [0, 0.05) is 12.1 Å². The summed E-state index contributed by atoms with van der Waals surface area (Å²) in [6.07, 6.45) is 0. The lowest BCUT2D eigenvalue weighted by atomic mass is 10.2. The van der Waals surface area contributed by atoms with Crippen molar-refractivity contribution in [2.24, 2.45) is 0 Å². The third-order valence-electron chi connectivity index (χ3n) is 3.12. The van der Waals surface area contributed by atoms with E-state index in [9.17, 15) is 8.78 Å². The number of aromatic amines is 1. The minimum Gasteiger partial charge on any atom is -0.494 e. The molecule has 0 fully saturated rings. The van der Waals surface area contributed by atoms with Gasteiger partial charge in [0.15, 0.2) is 16.3 Å². The lowest BCUT2D eigenvalue weighted by Crippen LogP contribution is -1.99. The van der Waals surface area contributed by atoms with Gasteiger partial charge in [-0.15, -0.1) is 0 Å². The predicted molar refractivity (Wildman–Crippen MR) is 79.9 cm³/mol. The number of imidazole rings is 1. The van der Waals surface area contributed by atoms with E-state index in [-0.39, 0.29) is 21.2 Å². The highest BCUT2D eigenvalue weighted by atomic mass is 35.5. The summed E-state index contributed by atoms with van der Waals surface area (Å²) in [6.45, 7) is 0. The number of benzene rings is 2. The molecule has 0 atom stereocenters. The van der Waals surface area contributed by atoms with E-state index in [1.54, 1.807) is 6.07 Å². The Kier molecular flexibility index (Phi) is 3.43. The van der Waals surface area contributed by atoms with Crippen molar-refractivity contribution in [2.45, 2.75) is 0 Å². The van der Waals surface area contributed by atoms with Gasteiger partial charge in [0.05, 0.1) is 23.2 Å². The Morgan fingerprint density at radius 3 is 2.67 bits per heavy atom. The molecule has 1 N–H and O–H groups in total. The monoisotopic (exact) mass is 326 g/mol. The van der Waals surface area contributed by atoms with Gasteiger partial charge < -0.3 is 9.72 Å². The molecule has 3 aromatic rings. The average molecular weight is 327 g/mol. The van der Waals surface area contributed by atoms with Crippen molar-refractivity contribution < 1.29 is 13.5 Å². The van der Waals surface area contributed by atoms with Crippen LogP contribution < -0.4 is 4.74 Å². The number of fused-ring (bicyclic) bond motifs is 1. The highest BCUT2D eigenvalue weighted by molar-refractivity contribution is 7.71. The second-order valence-corrected chi connectivity index (χ2v) is 5.13. The van der Waals surface area contributed by atoms with Gasteiger partial charge in [0.1, 0.15) is 11.5 Å². The summed E-state index contributed by atoms with van der Waals surface area (Å²) in [5.41, 5.74) is 1.02. The quantitative estimate of drug-likeness (QED) is 0.696. The zero-order valence-corrected chi connectivity index (χ0v) is 12.4. The Hall–Kier alpha value is -1.92. The molecule has 0 aliphatic carbocycles. The lowest BCUT2D eigenvalue weighted by Gasteiger charge is -2.09. The fourth-order valence-corrected chi connectivity index (χ4v) is 2.74. The number of hydrogen-bond acceptors (Lipinski definition) is 2. The first-order chi connectivity index (χ1) is 10.0. The Morgan fingerprint density at radius 1 is 1.24 bits per heavy atom. The summed E-state index contributed by atoms with van der Waals surface area (Å²) >= 11 is 11.3. The Labute approximate surface area is 128 Å². The van der Waals surface area contributed by atoms with Crippen LogP contribution in [-0.2, 0) is 0 Å². The van der Waals surface area contributed by atoms with E-state index in [0.717, 1.165) is 0 Å². The number of para-hydroxylation sites is 1. The molecule has 3 rings (SSSR count). The molecule has 108 valence electrons. The standard InChI is InChI=1S/C14H9ClF2N2OS/c1-20-12-6-11-10(5-9(12)17)18-14(21)19(11)13-7(15)3-2-4-8(13)16/h2-6H,1H3,(H,18,21). The van der Waals surface area contributed by atoms with Crippen molar-refractivity contribution in [3.8, 4) is 11.4 Å². The maximum Gasteiger partial charge on any atom is 0.182 e. The van der Waals surface area contributed by atoms with Crippen molar-refractivity contribution >= 4 is 34.9 Å². The topological polar surface area (TPSA) is 29.9 Å². The summed E-state index contributed by atoms with van der Waals surface area (Å²) in [7, 11) is 1.35. The molecule has 1 heterocycles. The highest BCUT2D eigenvalue weighted by Crippen LogP contribution is 2.30. The number of methoxy groups -OCH3 is 1. The number of nitrogens with one attached hydrogen (secondary N) is 1. The third kappa shape index (κ3) is 2.20. The summed E-state index contributed by atoms with van der Waals surface area (Å²) in [4.78, 5) is 2.83. The molecular weight excluding hydrogens is 318 g/mol. The van der Waals surface area contributed by atoms with E-state index in [0.29, 0.717) is 11.0 Å². The van der Waals surface area contributed by atoms with Gasteiger partial charge in [0.25, 0.3) is 0 Å². The Bertz CT molecular complexity index is 884. The largest absolute Gasteiger partial charge is 0.494 e. The number of ether oxygens (including phenoxy) is 1. The van der Waals surface area contributed by atoms with Crippen LogP contribution in [0.15, 0.2) is 30.3 Å². The van der Waals surface area contributed by atoms with E-state index < -0.39 is 11.6 Å². The van der Waals surface area contributed by atoms with Crippen LogP contribution in [0.2, 0.25) is 5.02 Å². The summed E-state index contributed by atoms with van der Waals surface area (Å²) in [5, 5.41) is 0.204. The molecule has 1 aromatic heterocycles. The second kappa shape index (κ2) is 5.13.